The highest BCUT2D eigenvalue weighted by Crippen LogP contribution is 2.26. The number of rotatable bonds is 7. The summed E-state index contributed by atoms with van der Waals surface area (Å²) in [5, 5.41) is 15.4. The van der Waals surface area contributed by atoms with Gasteiger partial charge in [0.1, 0.15) is 21.8 Å². The van der Waals surface area contributed by atoms with E-state index >= 15 is 0 Å². The molecule has 0 saturated carbocycles. The summed E-state index contributed by atoms with van der Waals surface area (Å²) < 4.78 is 13.2. The Bertz CT molecular complexity index is 1630. The summed E-state index contributed by atoms with van der Waals surface area (Å²) >= 11 is 1.21. The lowest BCUT2D eigenvalue weighted by atomic mass is 10.1. The van der Waals surface area contributed by atoms with Gasteiger partial charge in [-0.05, 0) is 42.3 Å². The molecule has 0 radical (unpaired) electrons. The molecule has 0 aliphatic heterocycles. The van der Waals surface area contributed by atoms with Crippen molar-refractivity contribution in [2.75, 3.05) is 6.61 Å². The van der Waals surface area contributed by atoms with Crippen molar-refractivity contribution in [2.45, 2.75) is 13.8 Å². The van der Waals surface area contributed by atoms with Crippen LogP contribution in [0.5, 0.6) is 5.75 Å². The van der Waals surface area contributed by atoms with Gasteiger partial charge in [-0.1, -0.05) is 37.3 Å². The molecule has 5 rings (SSSR count). The molecule has 3 aromatic heterocycles. The molecular formula is C25H20N4O5S. The molecular weight excluding hydrogens is 468 g/mol. The van der Waals surface area contributed by atoms with Gasteiger partial charge >= 0.3 is 0 Å². The lowest BCUT2D eigenvalue weighted by Crippen LogP contribution is -2.23. The lowest BCUT2D eigenvalue weighted by Gasteiger charge is -2.08. The largest absolute Gasteiger partial charge is 0.493 e. The number of furan rings is 1. The molecule has 0 aliphatic rings. The van der Waals surface area contributed by atoms with E-state index in [1.807, 2.05) is 24.3 Å². The molecule has 0 saturated heterocycles. The van der Waals surface area contributed by atoms with E-state index in [1.54, 1.807) is 30.3 Å². The molecule has 35 heavy (non-hydrogen) atoms. The first-order valence-corrected chi connectivity index (χ1v) is 11.7. The van der Waals surface area contributed by atoms with Crippen LogP contribution in [0.1, 0.15) is 19.6 Å². The van der Waals surface area contributed by atoms with Crippen LogP contribution < -0.4 is 14.8 Å². The minimum absolute atomic E-state index is 0.0228. The number of benzene rings is 2. The number of hydrogen-bond acceptors (Lipinski definition) is 8. The molecule has 9 nitrogen and oxygen atoms in total. The Labute approximate surface area is 203 Å². The van der Waals surface area contributed by atoms with E-state index in [1.165, 1.54) is 28.0 Å². The zero-order valence-corrected chi connectivity index (χ0v) is 19.7. The highest BCUT2D eigenvalue weighted by atomic mass is 32.1. The van der Waals surface area contributed by atoms with Crippen LogP contribution in [-0.2, 0) is 0 Å². The molecule has 0 fully saturated rings. The summed E-state index contributed by atoms with van der Waals surface area (Å²) in [6, 6.07) is 17.0. The number of thiazole rings is 1. The van der Waals surface area contributed by atoms with Gasteiger partial charge in [-0.15, -0.1) is 5.10 Å². The van der Waals surface area contributed by atoms with E-state index in [0.29, 0.717) is 44.9 Å². The first kappa shape index (κ1) is 22.5. The van der Waals surface area contributed by atoms with Gasteiger partial charge in [0.25, 0.3) is 11.2 Å². The Kier molecular flexibility index (Phi) is 5.87. The number of non-ortho nitro benzene ring substituents is 1. The highest BCUT2D eigenvalue weighted by Gasteiger charge is 2.14. The SMILES string of the molecule is CC(C)COc1ccc(-c2nc3sc(=Cc4ccc(-c5cccc([N+](=O)[O-])c5)o4)c(=O)n3n2)cc1. The smallest absolute Gasteiger partial charge is 0.291 e. The van der Waals surface area contributed by atoms with Crippen LogP contribution in [-0.4, -0.2) is 26.1 Å². The summed E-state index contributed by atoms with van der Waals surface area (Å²) in [7, 11) is 0. The number of hydrogen-bond donors (Lipinski definition) is 0. The van der Waals surface area contributed by atoms with Gasteiger partial charge in [0, 0.05) is 29.3 Å². The zero-order valence-electron chi connectivity index (χ0n) is 18.9. The van der Waals surface area contributed by atoms with Gasteiger partial charge in [-0.25, -0.2) is 0 Å². The number of nitrogens with zero attached hydrogens (tertiary/aromatic N) is 4. The molecule has 0 spiro atoms. The molecule has 0 bridgehead atoms. The van der Waals surface area contributed by atoms with Crippen LogP contribution in [0.15, 0.2) is 69.9 Å². The fourth-order valence-corrected chi connectivity index (χ4v) is 4.29. The van der Waals surface area contributed by atoms with E-state index in [9.17, 15) is 14.9 Å². The monoisotopic (exact) mass is 488 g/mol. The molecule has 0 atom stereocenters. The molecule has 10 heteroatoms. The van der Waals surface area contributed by atoms with Crippen molar-refractivity contribution in [1.29, 1.82) is 0 Å². The van der Waals surface area contributed by atoms with Crippen molar-refractivity contribution in [3.63, 3.8) is 0 Å². The molecule has 5 aromatic rings. The fraction of sp³-hybridized carbons (Fsp3) is 0.160. The predicted molar refractivity (Wildman–Crippen MR) is 132 cm³/mol. The van der Waals surface area contributed by atoms with Crippen LogP contribution >= 0.6 is 11.3 Å². The number of ether oxygens (including phenoxy) is 1. The van der Waals surface area contributed by atoms with Crippen LogP contribution in [0.2, 0.25) is 0 Å². The minimum atomic E-state index is -0.457. The van der Waals surface area contributed by atoms with Crippen molar-refractivity contribution >= 4 is 28.1 Å². The maximum Gasteiger partial charge on any atom is 0.291 e. The Balaban J connectivity index is 1.40. The molecule has 176 valence electrons. The van der Waals surface area contributed by atoms with E-state index in [4.69, 9.17) is 9.15 Å². The second-order valence-electron chi connectivity index (χ2n) is 8.28. The van der Waals surface area contributed by atoms with E-state index in [-0.39, 0.29) is 11.2 Å². The number of nitro groups is 1. The average Bonchev–Trinajstić information content (AvgIpc) is 3.56. The molecule has 0 N–H and O–H groups in total. The lowest BCUT2D eigenvalue weighted by molar-refractivity contribution is -0.384. The zero-order chi connectivity index (χ0) is 24.5. The highest BCUT2D eigenvalue weighted by molar-refractivity contribution is 7.15. The second-order valence-corrected chi connectivity index (χ2v) is 9.29. The van der Waals surface area contributed by atoms with Crippen LogP contribution in [0.4, 0.5) is 5.69 Å². The minimum Gasteiger partial charge on any atom is -0.493 e. The maximum atomic E-state index is 12.9. The van der Waals surface area contributed by atoms with Crippen molar-refractivity contribution < 1.29 is 14.1 Å². The van der Waals surface area contributed by atoms with Gasteiger partial charge in [0.2, 0.25) is 4.96 Å². The number of fused-ring (bicyclic) bond motifs is 1. The van der Waals surface area contributed by atoms with E-state index in [2.05, 4.69) is 23.9 Å². The average molecular weight is 489 g/mol. The molecule has 0 unspecified atom stereocenters. The number of aromatic nitrogens is 3. The Morgan fingerprint density at radius 1 is 1.14 bits per heavy atom. The van der Waals surface area contributed by atoms with Crippen molar-refractivity contribution in [3.05, 3.63) is 91.4 Å². The Morgan fingerprint density at radius 3 is 2.66 bits per heavy atom. The topological polar surface area (TPSA) is 113 Å². The van der Waals surface area contributed by atoms with E-state index in [0.717, 1.165) is 11.3 Å². The van der Waals surface area contributed by atoms with Crippen molar-refractivity contribution in [1.82, 2.24) is 14.6 Å². The predicted octanol–water partition coefficient (Wildman–Crippen LogP) is 4.57. The van der Waals surface area contributed by atoms with E-state index < -0.39 is 4.92 Å². The first-order chi connectivity index (χ1) is 16.9. The molecule has 0 amide bonds. The Morgan fingerprint density at radius 2 is 1.94 bits per heavy atom. The molecule has 2 aromatic carbocycles. The summed E-state index contributed by atoms with van der Waals surface area (Å²) in [6.45, 7) is 4.81. The van der Waals surface area contributed by atoms with Gasteiger partial charge in [-0.2, -0.15) is 9.50 Å². The third-order valence-corrected chi connectivity index (χ3v) is 6.08. The van der Waals surface area contributed by atoms with Gasteiger partial charge < -0.3 is 9.15 Å². The maximum absolute atomic E-state index is 12.9. The standard InChI is InChI=1S/C25H20N4O5S/c1-15(2)14-33-19-8-6-16(7-9-19)23-26-25-28(27-23)24(30)22(35-25)13-20-10-11-21(34-20)17-4-3-5-18(12-17)29(31)32/h3-13,15H,14H2,1-2H3. The van der Waals surface area contributed by atoms with Crippen LogP contribution in [0, 0.1) is 16.0 Å². The van der Waals surface area contributed by atoms with Crippen LogP contribution in [0.3, 0.4) is 0 Å². The third-order valence-electron chi connectivity index (χ3n) is 5.12. The first-order valence-electron chi connectivity index (χ1n) is 10.9. The van der Waals surface area contributed by atoms with Gasteiger partial charge in [-0.3, -0.25) is 14.9 Å². The summed E-state index contributed by atoms with van der Waals surface area (Å²) in [4.78, 5) is 28.4. The van der Waals surface area contributed by atoms with Crippen molar-refractivity contribution in [2.24, 2.45) is 5.92 Å². The number of nitro benzene ring substituents is 1. The van der Waals surface area contributed by atoms with Gasteiger partial charge in [0.05, 0.1) is 11.5 Å². The quantitative estimate of drug-likeness (QED) is 0.244. The second kappa shape index (κ2) is 9.15. The van der Waals surface area contributed by atoms with Gasteiger partial charge in [0.15, 0.2) is 5.82 Å². The molecule has 0 aliphatic carbocycles. The van der Waals surface area contributed by atoms with Crippen molar-refractivity contribution in [3.8, 4) is 28.5 Å². The van der Waals surface area contributed by atoms with Crippen LogP contribution in [0.25, 0.3) is 33.7 Å². The molecule has 3 heterocycles. The normalized spacial score (nSPS) is 12.0. The third kappa shape index (κ3) is 4.69. The summed E-state index contributed by atoms with van der Waals surface area (Å²) in [5.74, 6) is 2.58. The Hall–Kier alpha value is -4.31. The summed E-state index contributed by atoms with van der Waals surface area (Å²) in [6.07, 6.45) is 1.62. The fourth-order valence-electron chi connectivity index (χ4n) is 3.41. The summed E-state index contributed by atoms with van der Waals surface area (Å²) in [5.41, 5.74) is 1.05.